The zero-order chi connectivity index (χ0) is 20.0. The standard InChI is InChI=1S/C23H36N2O3/c1-23(2,3)28-22(26)25-15-9-20(10-16-25)18-27-21-11-13-24(14-12-21)17-19-7-5-4-6-8-19/h4-8,20-21H,9-18H2,1-3H3. The molecule has 2 aliphatic heterocycles. The van der Waals surface area contributed by atoms with Crippen molar-refractivity contribution in [1.29, 1.82) is 0 Å². The third-order valence-electron chi connectivity index (χ3n) is 5.62. The number of hydrogen-bond donors (Lipinski definition) is 0. The molecule has 0 saturated carbocycles. The van der Waals surface area contributed by atoms with Crippen molar-refractivity contribution in [3.8, 4) is 0 Å². The first-order chi connectivity index (χ1) is 13.4. The number of piperidine rings is 2. The third kappa shape index (κ3) is 6.78. The Balaban J connectivity index is 1.30. The molecule has 156 valence electrons. The Morgan fingerprint density at radius 2 is 1.64 bits per heavy atom. The quantitative estimate of drug-likeness (QED) is 0.754. The lowest BCUT2D eigenvalue weighted by molar-refractivity contribution is -0.0241. The van der Waals surface area contributed by atoms with E-state index in [4.69, 9.17) is 9.47 Å². The summed E-state index contributed by atoms with van der Waals surface area (Å²) in [5.74, 6) is 0.557. The second-order valence-corrected chi connectivity index (χ2v) is 9.21. The van der Waals surface area contributed by atoms with Gasteiger partial charge >= 0.3 is 6.09 Å². The second kappa shape index (κ2) is 9.75. The molecule has 1 aromatic carbocycles. The number of ether oxygens (including phenoxy) is 2. The molecular weight excluding hydrogens is 352 g/mol. The Kier molecular flexibility index (Phi) is 7.36. The Morgan fingerprint density at radius 1 is 1.00 bits per heavy atom. The van der Waals surface area contributed by atoms with Gasteiger partial charge in [-0.2, -0.15) is 0 Å². The second-order valence-electron chi connectivity index (χ2n) is 9.21. The van der Waals surface area contributed by atoms with E-state index in [9.17, 15) is 4.79 Å². The van der Waals surface area contributed by atoms with Crippen molar-refractivity contribution in [3.63, 3.8) is 0 Å². The van der Waals surface area contributed by atoms with Gasteiger partial charge in [0.25, 0.3) is 0 Å². The first-order valence-corrected chi connectivity index (χ1v) is 10.7. The van der Waals surface area contributed by atoms with E-state index in [1.807, 2.05) is 25.7 Å². The van der Waals surface area contributed by atoms with Crippen LogP contribution < -0.4 is 0 Å². The van der Waals surface area contributed by atoms with E-state index in [1.165, 1.54) is 5.56 Å². The summed E-state index contributed by atoms with van der Waals surface area (Å²) in [7, 11) is 0. The van der Waals surface area contributed by atoms with E-state index < -0.39 is 5.60 Å². The van der Waals surface area contributed by atoms with Crippen molar-refractivity contribution in [2.75, 3.05) is 32.8 Å². The third-order valence-corrected chi connectivity index (χ3v) is 5.62. The van der Waals surface area contributed by atoms with E-state index >= 15 is 0 Å². The number of likely N-dealkylation sites (tertiary alicyclic amines) is 2. The molecule has 1 aromatic rings. The minimum Gasteiger partial charge on any atom is -0.444 e. The molecule has 5 heteroatoms. The van der Waals surface area contributed by atoms with E-state index in [0.717, 1.165) is 65.0 Å². The van der Waals surface area contributed by atoms with Crippen LogP contribution in [0.5, 0.6) is 0 Å². The van der Waals surface area contributed by atoms with Crippen LogP contribution in [0, 0.1) is 5.92 Å². The molecule has 2 heterocycles. The van der Waals surface area contributed by atoms with Gasteiger partial charge in [-0.25, -0.2) is 4.79 Å². The summed E-state index contributed by atoms with van der Waals surface area (Å²) in [5, 5.41) is 0. The molecular formula is C23H36N2O3. The maximum Gasteiger partial charge on any atom is 0.410 e. The minimum absolute atomic E-state index is 0.183. The zero-order valence-electron chi connectivity index (χ0n) is 17.7. The van der Waals surface area contributed by atoms with Crippen LogP contribution in [0.4, 0.5) is 4.79 Å². The highest BCUT2D eigenvalue weighted by atomic mass is 16.6. The van der Waals surface area contributed by atoms with Crippen molar-refractivity contribution in [1.82, 2.24) is 9.80 Å². The Labute approximate surface area is 170 Å². The van der Waals surface area contributed by atoms with Crippen molar-refractivity contribution >= 4 is 6.09 Å². The lowest BCUT2D eigenvalue weighted by Gasteiger charge is -2.35. The predicted molar refractivity (Wildman–Crippen MR) is 111 cm³/mol. The lowest BCUT2D eigenvalue weighted by atomic mass is 9.98. The topological polar surface area (TPSA) is 42.0 Å². The van der Waals surface area contributed by atoms with Crippen LogP contribution >= 0.6 is 0 Å². The number of hydrogen-bond acceptors (Lipinski definition) is 4. The van der Waals surface area contributed by atoms with Gasteiger partial charge in [0.1, 0.15) is 5.60 Å². The molecule has 2 fully saturated rings. The van der Waals surface area contributed by atoms with Gasteiger partial charge < -0.3 is 14.4 Å². The average Bonchev–Trinajstić information content (AvgIpc) is 2.67. The zero-order valence-corrected chi connectivity index (χ0v) is 17.7. The van der Waals surface area contributed by atoms with Crippen LogP contribution in [0.15, 0.2) is 30.3 Å². The summed E-state index contributed by atoms with van der Waals surface area (Å²) >= 11 is 0. The number of nitrogens with zero attached hydrogens (tertiary/aromatic N) is 2. The fourth-order valence-corrected chi connectivity index (χ4v) is 3.96. The number of benzene rings is 1. The van der Waals surface area contributed by atoms with Crippen LogP contribution in [0.2, 0.25) is 0 Å². The first kappa shape index (κ1) is 21.1. The summed E-state index contributed by atoms with van der Waals surface area (Å²) in [5.41, 5.74) is 0.963. The summed E-state index contributed by atoms with van der Waals surface area (Å²) in [6, 6.07) is 10.7. The first-order valence-electron chi connectivity index (χ1n) is 10.7. The van der Waals surface area contributed by atoms with Crippen molar-refractivity contribution in [3.05, 3.63) is 35.9 Å². The highest BCUT2D eigenvalue weighted by molar-refractivity contribution is 5.68. The van der Waals surface area contributed by atoms with Crippen LogP contribution in [-0.4, -0.2) is 60.4 Å². The average molecular weight is 389 g/mol. The van der Waals surface area contributed by atoms with Crippen molar-refractivity contribution < 1.29 is 14.3 Å². The molecule has 2 aliphatic rings. The van der Waals surface area contributed by atoms with Gasteiger partial charge in [-0.3, -0.25) is 4.90 Å². The summed E-state index contributed by atoms with van der Waals surface area (Å²) in [4.78, 5) is 16.5. The van der Waals surface area contributed by atoms with Crippen LogP contribution in [0.3, 0.4) is 0 Å². The highest BCUT2D eigenvalue weighted by Crippen LogP contribution is 2.22. The van der Waals surface area contributed by atoms with Crippen LogP contribution in [-0.2, 0) is 16.0 Å². The molecule has 28 heavy (non-hydrogen) atoms. The molecule has 0 spiro atoms. The van der Waals surface area contributed by atoms with E-state index in [1.54, 1.807) is 0 Å². The van der Waals surface area contributed by atoms with E-state index in [2.05, 4.69) is 35.2 Å². The van der Waals surface area contributed by atoms with Gasteiger partial charge in [-0.15, -0.1) is 0 Å². The Hall–Kier alpha value is -1.59. The SMILES string of the molecule is CC(C)(C)OC(=O)N1CCC(COC2CCN(Cc3ccccc3)CC2)CC1. The molecule has 0 N–H and O–H groups in total. The number of carbonyl (C=O) groups excluding carboxylic acids is 1. The largest absolute Gasteiger partial charge is 0.444 e. The fourth-order valence-electron chi connectivity index (χ4n) is 3.96. The van der Waals surface area contributed by atoms with Gasteiger partial charge in [0, 0.05) is 39.3 Å². The number of carbonyl (C=O) groups is 1. The normalized spacial score (nSPS) is 20.3. The smallest absolute Gasteiger partial charge is 0.410 e. The lowest BCUT2D eigenvalue weighted by Crippen LogP contribution is -2.43. The Morgan fingerprint density at radius 3 is 2.25 bits per heavy atom. The van der Waals surface area contributed by atoms with Gasteiger partial charge in [0.15, 0.2) is 0 Å². The maximum absolute atomic E-state index is 12.2. The molecule has 0 unspecified atom stereocenters. The molecule has 0 aromatic heterocycles. The molecule has 0 aliphatic carbocycles. The van der Waals surface area contributed by atoms with E-state index in [-0.39, 0.29) is 6.09 Å². The molecule has 0 radical (unpaired) electrons. The number of amides is 1. The predicted octanol–water partition coefficient (Wildman–Crippen LogP) is 4.31. The minimum atomic E-state index is -0.424. The molecule has 2 saturated heterocycles. The van der Waals surface area contributed by atoms with Crippen molar-refractivity contribution in [2.45, 2.75) is 64.7 Å². The molecule has 0 atom stereocenters. The monoisotopic (exact) mass is 388 g/mol. The molecule has 0 bridgehead atoms. The summed E-state index contributed by atoms with van der Waals surface area (Å²) < 4.78 is 11.7. The number of rotatable bonds is 5. The van der Waals surface area contributed by atoms with Crippen LogP contribution in [0.25, 0.3) is 0 Å². The van der Waals surface area contributed by atoms with Gasteiger partial charge in [0.05, 0.1) is 6.10 Å². The fraction of sp³-hybridized carbons (Fsp3) is 0.696. The van der Waals surface area contributed by atoms with Crippen LogP contribution in [0.1, 0.15) is 52.0 Å². The van der Waals surface area contributed by atoms with Crippen molar-refractivity contribution in [2.24, 2.45) is 5.92 Å². The molecule has 3 rings (SSSR count). The Bertz CT molecular complexity index is 598. The summed E-state index contributed by atoms with van der Waals surface area (Å²) in [6.07, 6.45) is 4.44. The summed E-state index contributed by atoms with van der Waals surface area (Å²) in [6.45, 7) is 11.4. The van der Waals surface area contributed by atoms with Gasteiger partial charge in [0.2, 0.25) is 0 Å². The molecule has 1 amide bonds. The van der Waals surface area contributed by atoms with Gasteiger partial charge in [-0.1, -0.05) is 30.3 Å². The highest BCUT2D eigenvalue weighted by Gasteiger charge is 2.28. The van der Waals surface area contributed by atoms with Gasteiger partial charge in [-0.05, 0) is 57.9 Å². The van der Waals surface area contributed by atoms with E-state index in [0.29, 0.717) is 12.0 Å². The maximum atomic E-state index is 12.2. The molecule has 5 nitrogen and oxygen atoms in total.